The first-order valence-electron chi connectivity index (χ1n) is 6.17. The molecule has 1 aliphatic heterocycles. The number of carbonyl (C=O) groups is 1. The van der Waals surface area contributed by atoms with Gasteiger partial charge in [-0.05, 0) is 12.1 Å². The molecule has 1 saturated heterocycles. The van der Waals surface area contributed by atoms with Crippen molar-refractivity contribution in [2.75, 3.05) is 26.2 Å². The molecule has 1 amide bonds. The molecule has 19 heavy (non-hydrogen) atoms. The van der Waals surface area contributed by atoms with E-state index in [1.165, 1.54) is 0 Å². The molecule has 0 aliphatic carbocycles. The normalized spacial score (nSPS) is 15.9. The maximum atomic E-state index is 11.9. The van der Waals surface area contributed by atoms with Gasteiger partial charge in [0.25, 0.3) is 5.91 Å². The molecule has 2 N–H and O–H groups in total. The number of nitrogens with one attached hydrogen (secondary N) is 2. The first-order chi connectivity index (χ1) is 9.29. The Labute approximate surface area is 111 Å². The van der Waals surface area contributed by atoms with Gasteiger partial charge in [0, 0.05) is 32.4 Å². The molecule has 0 bridgehead atoms. The Balaban J connectivity index is 1.91. The number of nitriles is 1. The maximum absolute atomic E-state index is 11.9. The number of rotatable bonds is 4. The van der Waals surface area contributed by atoms with Gasteiger partial charge < -0.3 is 20.0 Å². The van der Waals surface area contributed by atoms with Gasteiger partial charge in [0.2, 0.25) is 0 Å². The van der Waals surface area contributed by atoms with Crippen molar-refractivity contribution in [1.82, 2.24) is 15.5 Å². The summed E-state index contributed by atoms with van der Waals surface area (Å²) < 4.78 is 5.11. The Bertz CT molecular complexity index is 481. The van der Waals surface area contributed by atoms with Crippen molar-refractivity contribution in [3.8, 4) is 6.07 Å². The molecule has 1 aromatic rings. The lowest BCUT2D eigenvalue weighted by atomic mass is 10.2. The third-order valence-corrected chi connectivity index (χ3v) is 2.83. The third kappa shape index (κ3) is 3.86. The summed E-state index contributed by atoms with van der Waals surface area (Å²) in [7, 11) is 0. The monoisotopic (exact) mass is 260 g/mol. The minimum Gasteiger partial charge on any atom is -0.467 e. The van der Waals surface area contributed by atoms with Crippen molar-refractivity contribution in [2.24, 2.45) is 0 Å². The molecule has 6 nitrogen and oxygen atoms in total. The van der Waals surface area contributed by atoms with E-state index in [0.29, 0.717) is 5.76 Å². The van der Waals surface area contributed by atoms with Gasteiger partial charge in [-0.3, -0.25) is 4.79 Å². The summed E-state index contributed by atoms with van der Waals surface area (Å²) in [6, 6.07) is 5.46. The first-order valence-corrected chi connectivity index (χ1v) is 6.17. The van der Waals surface area contributed by atoms with E-state index in [2.05, 4.69) is 10.6 Å². The molecular weight excluding hydrogens is 244 g/mol. The first kappa shape index (κ1) is 13.2. The highest BCUT2D eigenvalue weighted by Gasteiger charge is 2.13. The lowest BCUT2D eigenvalue weighted by molar-refractivity contribution is -0.117. The second-order valence-electron chi connectivity index (χ2n) is 4.20. The molecule has 0 saturated carbocycles. The highest BCUT2D eigenvalue weighted by atomic mass is 16.3. The lowest BCUT2D eigenvalue weighted by Gasteiger charge is -2.25. The molecule has 0 spiro atoms. The van der Waals surface area contributed by atoms with E-state index in [0.717, 1.165) is 26.2 Å². The van der Waals surface area contributed by atoms with E-state index in [4.69, 9.17) is 9.68 Å². The summed E-state index contributed by atoms with van der Waals surface area (Å²) >= 11 is 0. The quantitative estimate of drug-likeness (QED) is 0.597. The highest BCUT2D eigenvalue weighted by molar-refractivity contribution is 5.97. The topological polar surface area (TPSA) is 81.3 Å². The molecule has 6 heteroatoms. The van der Waals surface area contributed by atoms with E-state index in [-0.39, 0.29) is 18.0 Å². The summed E-state index contributed by atoms with van der Waals surface area (Å²) in [5, 5.41) is 14.9. The van der Waals surface area contributed by atoms with Crippen LogP contribution in [0.25, 0.3) is 0 Å². The number of amides is 1. The number of piperazine rings is 1. The molecule has 2 heterocycles. The predicted octanol–water partition coefficient (Wildman–Crippen LogP) is 0.208. The molecule has 1 fully saturated rings. The number of carbonyl (C=O) groups excluding carboxylic acids is 1. The number of hydrogen-bond acceptors (Lipinski definition) is 5. The van der Waals surface area contributed by atoms with Crippen LogP contribution in [-0.2, 0) is 11.3 Å². The van der Waals surface area contributed by atoms with Crippen molar-refractivity contribution >= 4 is 5.91 Å². The number of nitrogens with zero attached hydrogens (tertiary/aromatic N) is 2. The minimum absolute atomic E-state index is 0.119. The van der Waals surface area contributed by atoms with E-state index in [1.54, 1.807) is 24.6 Å². The lowest BCUT2D eigenvalue weighted by Crippen LogP contribution is -2.41. The number of hydrogen-bond donors (Lipinski definition) is 2. The standard InChI is InChI=1S/C13H16N4O2/c14-8-11(10-17-5-3-15-4-6-17)13(18)16-9-12-2-1-7-19-12/h1-2,7,10,15H,3-6,9H2,(H,16,18)/b11-10-. The van der Waals surface area contributed by atoms with Gasteiger partial charge in [-0.2, -0.15) is 5.26 Å². The molecular formula is C13H16N4O2. The van der Waals surface area contributed by atoms with Gasteiger partial charge in [0.15, 0.2) is 0 Å². The van der Waals surface area contributed by atoms with Crippen molar-refractivity contribution < 1.29 is 9.21 Å². The largest absolute Gasteiger partial charge is 0.467 e. The van der Waals surface area contributed by atoms with Crippen LogP contribution in [0, 0.1) is 11.3 Å². The summed E-state index contributed by atoms with van der Waals surface area (Å²) in [6.07, 6.45) is 3.17. The molecule has 0 unspecified atom stereocenters. The average molecular weight is 260 g/mol. The number of furan rings is 1. The Morgan fingerprint density at radius 2 is 2.37 bits per heavy atom. The fourth-order valence-corrected chi connectivity index (χ4v) is 1.81. The van der Waals surface area contributed by atoms with Crippen LogP contribution in [0.2, 0.25) is 0 Å². The predicted molar refractivity (Wildman–Crippen MR) is 68.7 cm³/mol. The highest BCUT2D eigenvalue weighted by Crippen LogP contribution is 2.02. The maximum Gasteiger partial charge on any atom is 0.263 e. The van der Waals surface area contributed by atoms with E-state index in [9.17, 15) is 4.79 Å². The molecule has 2 rings (SSSR count). The Hall–Kier alpha value is -2.26. The van der Waals surface area contributed by atoms with E-state index in [1.807, 2.05) is 11.0 Å². The fourth-order valence-electron chi connectivity index (χ4n) is 1.81. The van der Waals surface area contributed by atoms with E-state index >= 15 is 0 Å². The van der Waals surface area contributed by atoms with Crippen LogP contribution in [-0.4, -0.2) is 37.0 Å². The second-order valence-corrected chi connectivity index (χ2v) is 4.20. The van der Waals surface area contributed by atoms with Crippen molar-refractivity contribution in [1.29, 1.82) is 5.26 Å². The van der Waals surface area contributed by atoms with Gasteiger partial charge in [0.1, 0.15) is 17.4 Å². The van der Waals surface area contributed by atoms with Crippen LogP contribution < -0.4 is 10.6 Å². The fraction of sp³-hybridized carbons (Fsp3) is 0.385. The molecule has 0 aromatic carbocycles. The molecule has 0 atom stereocenters. The smallest absolute Gasteiger partial charge is 0.263 e. The molecule has 1 aromatic heterocycles. The summed E-state index contributed by atoms with van der Waals surface area (Å²) in [5.41, 5.74) is 0.119. The van der Waals surface area contributed by atoms with Crippen molar-refractivity contribution in [3.05, 3.63) is 35.9 Å². The SMILES string of the molecule is N#C/C(=C/N1CCNCC1)C(=O)NCc1ccco1. The van der Waals surface area contributed by atoms with Gasteiger partial charge in [-0.25, -0.2) is 0 Å². The van der Waals surface area contributed by atoms with E-state index < -0.39 is 0 Å². The summed E-state index contributed by atoms with van der Waals surface area (Å²) in [5.74, 6) is 0.283. The molecule has 0 radical (unpaired) electrons. The average Bonchev–Trinajstić information content (AvgIpc) is 2.96. The van der Waals surface area contributed by atoms with Crippen molar-refractivity contribution in [2.45, 2.75) is 6.54 Å². The van der Waals surface area contributed by atoms with Crippen LogP contribution >= 0.6 is 0 Å². The Morgan fingerprint density at radius 3 is 3.00 bits per heavy atom. The van der Waals surface area contributed by atoms with Crippen molar-refractivity contribution in [3.63, 3.8) is 0 Å². The van der Waals surface area contributed by atoms with Gasteiger partial charge in [-0.15, -0.1) is 0 Å². The zero-order valence-corrected chi connectivity index (χ0v) is 10.6. The van der Waals surface area contributed by atoms with Gasteiger partial charge in [0.05, 0.1) is 12.8 Å². The molecule has 100 valence electrons. The Morgan fingerprint density at radius 1 is 1.58 bits per heavy atom. The van der Waals surface area contributed by atoms with Gasteiger partial charge >= 0.3 is 0 Å². The van der Waals surface area contributed by atoms with Crippen LogP contribution in [0.4, 0.5) is 0 Å². The van der Waals surface area contributed by atoms with Crippen LogP contribution in [0.1, 0.15) is 5.76 Å². The van der Waals surface area contributed by atoms with Crippen LogP contribution in [0.5, 0.6) is 0 Å². The second kappa shape index (κ2) is 6.61. The van der Waals surface area contributed by atoms with Crippen LogP contribution in [0.3, 0.4) is 0 Å². The molecule has 1 aliphatic rings. The third-order valence-electron chi connectivity index (χ3n) is 2.83. The zero-order valence-electron chi connectivity index (χ0n) is 10.6. The Kier molecular flexibility index (Phi) is 4.59. The van der Waals surface area contributed by atoms with Gasteiger partial charge in [-0.1, -0.05) is 0 Å². The van der Waals surface area contributed by atoms with Crippen LogP contribution in [0.15, 0.2) is 34.6 Å². The summed E-state index contributed by atoms with van der Waals surface area (Å²) in [4.78, 5) is 13.8. The summed E-state index contributed by atoms with van der Waals surface area (Å²) in [6.45, 7) is 3.62. The zero-order chi connectivity index (χ0) is 13.5. The minimum atomic E-state index is -0.377.